The van der Waals surface area contributed by atoms with E-state index in [1.165, 1.54) is 0 Å². The number of hydrogen-bond donors (Lipinski definition) is 1. The van der Waals surface area contributed by atoms with Crippen LogP contribution >= 0.6 is 0 Å². The van der Waals surface area contributed by atoms with Gasteiger partial charge in [-0.05, 0) is 59.2 Å². The van der Waals surface area contributed by atoms with Crippen LogP contribution in [0.2, 0.25) is 0 Å². The number of likely N-dealkylation sites (N-methyl/N-ethyl adjacent to an activating group) is 1. The summed E-state index contributed by atoms with van der Waals surface area (Å²) in [4.78, 5) is 18.2. The Morgan fingerprint density at radius 2 is 2.22 bits per heavy atom. The molecule has 2 aromatic rings. The molecule has 9 nitrogen and oxygen atoms in total. The van der Waals surface area contributed by atoms with E-state index in [0.29, 0.717) is 25.3 Å². The molecule has 0 radical (unpaired) electrons. The molecular formula is C23H32N6O3. The molecule has 1 aliphatic rings. The molecule has 1 amide bonds. The highest BCUT2D eigenvalue weighted by molar-refractivity contribution is 5.67. The Kier molecular flexibility index (Phi) is 7.83. The molecule has 2 aromatic heterocycles. The number of rotatable bonds is 7. The van der Waals surface area contributed by atoms with E-state index in [4.69, 9.17) is 19.8 Å². The molecule has 1 saturated heterocycles. The van der Waals surface area contributed by atoms with Crippen LogP contribution in [0, 0.1) is 11.3 Å². The second-order valence-corrected chi connectivity index (χ2v) is 9.01. The minimum absolute atomic E-state index is 0.0678. The van der Waals surface area contributed by atoms with Crippen LogP contribution in [0.3, 0.4) is 0 Å². The number of hydrogen-bond acceptors (Lipinski definition) is 7. The maximum Gasteiger partial charge on any atom is 0.407 e. The summed E-state index contributed by atoms with van der Waals surface area (Å²) >= 11 is 0. The molecule has 0 spiro atoms. The smallest absolute Gasteiger partial charge is 0.407 e. The van der Waals surface area contributed by atoms with Gasteiger partial charge in [-0.15, -0.1) is 0 Å². The largest absolute Gasteiger partial charge is 0.444 e. The van der Waals surface area contributed by atoms with E-state index < -0.39 is 11.7 Å². The van der Waals surface area contributed by atoms with Crippen molar-refractivity contribution < 1.29 is 14.3 Å². The summed E-state index contributed by atoms with van der Waals surface area (Å²) in [5.41, 5.74) is 2.56. The van der Waals surface area contributed by atoms with E-state index in [1.54, 1.807) is 12.3 Å². The lowest BCUT2D eigenvalue weighted by Crippen LogP contribution is -2.36. The molecule has 0 aliphatic carbocycles. The van der Waals surface area contributed by atoms with Crippen LogP contribution in [-0.2, 0) is 16.0 Å². The van der Waals surface area contributed by atoms with Crippen molar-refractivity contribution in [2.75, 3.05) is 26.7 Å². The molecule has 0 bridgehead atoms. The summed E-state index contributed by atoms with van der Waals surface area (Å²) in [5.74, 6) is 0. The second kappa shape index (κ2) is 10.6. The van der Waals surface area contributed by atoms with Gasteiger partial charge in [0.05, 0.1) is 5.69 Å². The first kappa shape index (κ1) is 23.7. The third kappa shape index (κ3) is 6.77. The average molecular weight is 441 g/mol. The van der Waals surface area contributed by atoms with E-state index >= 15 is 0 Å². The fraction of sp³-hybridized carbons (Fsp3) is 0.565. The Hall–Kier alpha value is -2.96. The molecule has 1 atom stereocenters. The summed E-state index contributed by atoms with van der Waals surface area (Å²) < 4.78 is 13.1. The molecule has 9 heteroatoms. The van der Waals surface area contributed by atoms with Gasteiger partial charge in [0.2, 0.25) is 0 Å². The van der Waals surface area contributed by atoms with Gasteiger partial charge < -0.3 is 19.7 Å². The van der Waals surface area contributed by atoms with Gasteiger partial charge in [-0.25, -0.2) is 14.5 Å². The molecule has 0 aromatic carbocycles. The van der Waals surface area contributed by atoms with E-state index in [2.05, 4.69) is 15.2 Å². The number of pyridine rings is 1. The molecule has 1 unspecified atom stereocenters. The fourth-order valence-corrected chi connectivity index (χ4v) is 3.50. The maximum atomic E-state index is 11.9. The normalized spacial score (nSPS) is 16.6. The summed E-state index contributed by atoms with van der Waals surface area (Å²) in [7, 11) is 1.99. The van der Waals surface area contributed by atoms with Gasteiger partial charge in [0.25, 0.3) is 0 Å². The fourth-order valence-electron chi connectivity index (χ4n) is 3.50. The molecular weight excluding hydrogens is 408 g/mol. The van der Waals surface area contributed by atoms with Crippen molar-refractivity contribution in [3.8, 4) is 17.3 Å². The van der Waals surface area contributed by atoms with Crippen molar-refractivity contribution in [1.82, 2.24) is 25.0 Å². The predicted molar refractivity (Wildman–Crippen MR) is 120 cm³/mol. The monoisotopic (exact) mass is 440 g/mol. The average Bonchev–Trinajstić information content (AvgIpc) is 3.17. The second-order valence-electron chi connectivity index (χ2n) is 9.01. The highest BCUT2D eigenvalue weighted by Crippen LogP contribution is 2.28. The van der Waals surface area contributed by atoms with Crippen LogP contribution in [0.5, 0.6) is 0 Å². The zero-order valence-electron chi connectivity index (χ0n) is 19.3. The number of alkyl carbamates (subject to hydrolysis) is 1. The SMILES string of the molecule is CN(CCNC(=O)OC(C)(C)C)Cc1cn(C2CCCCO2)nc1-c1ccc(C#N)nc1. The third-order valence-electron chi connectivity index (χ3n) is 5.01. The van der Waals surface area contributed by atoms with Crippen molar-refractivity contribution in [2.24, 2.45) is 0 Å². The van der Waals surface area contributed by atoms with E-state index in [0.717, 1.165) is 42.7 Å². The Bertz CT molecular complexity index is 936. The first-order valence-corrected chi connectivity index (χ1v) is 11.0. The van der Waals surface area contributed by atoms with E-state index in [-0.39, 0.29) is 6.23 Å². The van der Waals surface area contributed by atoms with Crippen molar-refractivity contribution >= 4 is 6.09 Å². The van der Waals surface area contributed by atoms with Gasteiger partial charge in [-0.1, -0.05) is 0 Å². The summed E-state index contributed by atoms with van der Waals surface area (Å²) in [6.07, 6.45) is 6.34. The number of aromatic nitrogens is 3. The van der Waals surface area contributed by atoms with Crippen molar-refractivity contribution in [1.29, 1.82) is 5.26 Å². The van der Waals surface area contributed by atoms with Crippen LogP contribution in [0.4, 0.5) is 4.79 Å². The molecule has 1 fully saturated rings. The highest BCUT2D eigenvalue weighted by Gasteiger charge is 2.21. The molecule has 3 heterocycles. The molecule has 172 valence electrons. The summed E-state index contributed by atoms with van der Waals surface area (Å²) in [6.45, 7) is 8.01. The highest BCUT2D eigenvalue weighted by atomic mass is 16.6. The first-order valence-electron chi connectivity index (χ1n) is 11.0. The number of amides is 1. The topological polar surface area (TPSA) is 105 Å². The number of ether oxygens (including phenoxy) is 2. The van der Waals surface area contributed by atoms with Gasteiger partial charge in [0.1, 0.15) is 23.6 Å². The number of carbonyl (C=O) groups is 1. The quantitative estimate of drug-likeness (QED) is 0.703. The Labute approximate surface area is 189 Å². The van der Waals surface area contributed by atoms with Crippen LogP contribution in [0.1, 0.15) is 57.5 Å². The lowest BCUT2D eigenvalue weighted by Gasteiger charge is -2.22. The van der Waals surface area contributed by atoms with E-state index in [9.17, 15) is 4.79 Å². The Balaban J connectivity index is 1.69. The number of carbonyl (C=O) groups excluding carboxylic acids is 1. The lowest BCUT2D eigenvalue weighted by molar-refractivity contribution is -0.0394. The van der Waals surface area contributed by atoms with Crippen LogP contribution in [0.25, 0.3) is 11.3 Å². The third-order valence-corrected chi connectivity index (χ3v) is 5.01. The maximum absolute atomic E-state index is 11.9. The minimum atomic E-state index is -0.518. The van der Waals surface area contributed by atoms with Crippen LogP contribution < -0.4 is 5.32 Å². The summed E-state index contributed by atoms with van der Waals surface area (Å²) in [6, 6.07) is 5.61. The molecule has 1 N–H and O–H groups in total. The van der Waals surface area contributed by atoms with Crippen molar-refractivity contribution in [2.45, 2.75) is 58.4 Å². The lowest BCUT2D eigenvalue weighted by atomic mass is 10.1. The molecule has 1 aliphatic heterocycles. The van der Waals surface area contributed by atoms with Gasteiger partial charge in [0.15, 0.2) is 0 Å². The van der Waals surface area contributed by atoms with Crippen molar-refractivity contribution in [3.05, 3.63) is 35.8 Å². The number of nitrogens with one attached hydrogen (secondary N) is 1. The number of nitriles is 1. The minimum Gasteiger partial charge on any atom is -0.444 e. The van der Waals surface area contributed by atoms with Gasteiger partial charge in [-0.3, -0.25) is 0 Å². The molecule has 32 heavy (non-hydrogen) atoms. The molecule has 0 saturated carbocycles. The van der Waals surface area contributed by atoms with Gasteiger partial charge in [-0.2, -0.15) is 10.4 Å². The van der Waals surface area contributed by atoms with Gasteiger partial charge in [0, 0.05) is 49.8 Å². The zero-order chi connectivity index (χ0) is 23.1. The predicted octanol–water partition coefficient (Wildman–Crippen LogP) is 3.47. The molecule has 3 rings (SSSR count). The Morgan fingerprint density at radius 3 is 2.84 bits per heavy atom. The number of nitrogens with zero attached hydrogens (tertiary/aromatic N) is 5. The Morgan fingerprint density at radius 1 is 1.41 bits per heavy atom. The van der Waals surface area contributed by atoms with Crippen LogP contribution in [0.15, 0.2) is 24.5 Å². The first-order chi connectivity index (χ1) is 15.2. The zero-order valence-corrected chi connectivity index (χ0v) is 19.3. The van der Waals surface area contributed by atoms with Crippen molar-refractivity contribution in [3.63, 3.8) is 0 Å². The van der Waals surface area contributed by atoms with Gasteiger partial charge >= 0.3 is 6.09 Å². The van der Waals surface area contributed by atoms with Crippen LogP contribution in [-0.4, -0.2) is 58.1 Å². The summed E-state index contributed by atoms with van der Waals surface area (Å²) in [5, 5.41) is 16.6. The standard InChI is InChI=1S/C23H32N6O3/c1-23(2,3)32-22(30)25-10-11-28(4)15-18-16-29(20-7-5-6-12-31-20)27-21(18)17-8-9-19(13-24)26-14-17/h8-9,14,16,20H,5-7,10-12,15H2,1-4H3,(H,25,30). The van der Waals surface area contributed by atoms with E-state index in [1.807, 2.05) is 50.8 Å².